The van der Waals surface area contributed by atoms with Crippen molar-refractivity contribution in [1.82, 2.24) is 10.3 Å². The van der Waals surface area contributed by atoms with E-state index in [-0.39, 0.29) is 11.9 Å². The van der Waals surface area contributed by atoms with E-state index in [1.54, 1.807) is 5.51 Å². The van der Waals surface area contributed by atoms with Crippen LogP contribution in [0.1, 0.15) is 52.7 Å². The molecule has 7 heteroatoms. The molecule has 1 aliphatic carbocycles. The Morgan fingerprint density at radius 1 is 1.33 bits per heavy atom. The third-order valence-electron chi connectivity index (χ3n) is 4.24. The molecule has 2 heterocycles. The minimum atomic E-state index is -0.156. The molecule has 1 atom stereocenters. The number of benzene rings is 1. The molecule has 4 rings (SSSR count). The highest BCUT2D eigenvalue weighted by atomic mass is 79.9. The van der Waals surface area contributed by atoms with Crippen molar-refractivity contribution in [1.29, 1.82) is 0 Å². The average molecular weight is 409 g/mol. The predicted molar refractivity (Wildman–Crippen MR) is 95.1 cm³/mol. The number of halogens is 1. The minimum Gasteiger partial charge on any atom is -0.486 e. The standard InChI is InChI=1S/C17H17BrN2O3S/c1-9(11-6-13-14(7-12(11)18)23-5-4-22-13)20-17(21)16-15(10-2-3-10)19-8-24-16/h6-10H,2-5H2,1H3,(H,20,21)/t9-/m1/s1. The quantitative estimate of drug-likeness (QED) is 0.828. The molecule has 0 bridgehead atoms. The molecule has 1 fully saturated rings. The van der Waals surface area contributed by atoms with Crippen LogP contribution in [-0.2, 0) is 0 Å². The van der Waals surface area contributed by atoms with Gasteiger partial charge in [0.1, 0.15) is 18.1 Å². The monoisotopic (exact) mass is 408 g/mol. The van der Waals surface area contributed by atoms with Crippen LogP contribution in [0.15, 0.2) is 22.1 Å². The van der Waals surface area contributed by atoms with Crippen molar-refractivity contribution in [3.8, 4) is 11.5 Å². The summed E-state index contributed by atoms with van der Waals surface area (Å²) in [6.45, 7) is 3.06. The number of nitrogens with zero attached hydrogens (tertiary/aromatic N) is 1. The molecule has 1 aromatic carbocycles. The smallest absolute Gasteiger partial charge is 0.263 e. The van der Waals surface area contributed by atoms with E-state index in [0.717, 1.165) is 44.9 Å². The van der Waals surface area contributed by atoms with E-state index in [9.17, 15) is 4.79 Å². The van der Waals surface area contributed by atoms with E-state index < -0.39 is 0 Å². The Hall–Kier alpha value is -1.60. The maximum atomic E-state index is 12.6. The van der Waals surface area contributed by atoms with Gasteiger partial charge in [0.15, 0.2) is 11.5 Å². The average Bonchev–Trinajstić information content (AvgIpc) is 3.30. The Labute approximate surface area is 152 Å². The van der Waals surface area contributed by atoms with E-state index in [1.165, 1.54) is 11.3 Å². The molecule has 1 aromatic heterocycles. The van der Waals surface area contributed by atoms with E-state index in [2.05, 4.69) is 26.2 Å². The van der Waals surface area contributed by atoms with Gasteiger partial charge in [-0.3, -0.25) is 4.79 Å². The number of hydrogen-bond acceptors (Lipinski definition) is 5. The molecule has 0 spiro atoms. The van der Waals surface area contributed by atoms with E-state index in [1.807, 2.05) is 19.1 Å². The van der Waals surface area contributed by atoms with Gasteiger partial charge in [-0.05, 0) is 37.5 Å². The van der Waals surface area contributed by atoms with Crippen LogP contribution < -0.4 is 14.8 Å². The molecule has 24 heavy (non-hydrogen) atoms. The Kier molecular flexibility index (Phi) is 4.22. The van der Waals surface area contributed by atoms with E-state index >= 15 is 0 Å². The van der Waals surface area contributed by atoms with E-state index in [4.69, 9.17) is 9.47 Å². The van der Waals surface area contributed by atoms with Crippen molar-refractivity contribution in [3.63, 3.8) is 0 Å². The summed E-state index contributed by atoms with van der Waals surface area (Å²) in [6, 6.07) is 3.67. The lowest BCUT2D eigenvalue weighted by atomic mass is 10.1. The molecule has 0 unspecified atom stereocenters. The number of rotatable bonds is 4. The SMILES string of the molecule is C[C@@H](NC(=O)c1scnc1C1CC1)c1cc2c(cc1Br)OCCO2. The van der Waals surface area contributed by atoms with Gasteiger partial charge in [0.05, 0.1) is 17.2 Å². The van der Waals surface area contributed by atoms with Gasteiger partial charge < -0.3 is 14.8 Å². The van der Waals surface area contributed by atoms with Crippen LogP contribution in [0.5, 0.6) is 11.5 Å². The molecule has 0 radical (unpaired) electrons. The van der Waals surface area contributed by atoms with Crippen molar-refractivity contribution in [2.75, 3.05) is 13.2 Å². The van der Waals surface area contributed by atoms with E-state index in [0.29, 0.717) is 19.1 Å². The first-order chi connectivity index (χ1) is 11.6. The number of hydrogen-bond donors (Lipinski definition) is 1. The Balaban J connectivity index is 1.54. The maximum Gasteiger partial charge on any atom is 0.263 e. The first-order valence-corrected chi connectivity index (χ1v) is 9.64. The Bertz CT molecular complexity index is 788. The second kappa shape index (κ2) is 6.37. The van der Waals surface area contributed by atoms with Crippen LogP contribution in [0, 0.1) is 0 Å². The van der Waals surface area contributed by atoms with Crippen LogP contribution in [0.4, 0.5) is 0 Å². The molecule has 2 aliphatic rings. The van der Waals surface area contributed by atoms with Gasteiger partial charge in [0.25, 0.3) is 5.91 Å². The molecule has 126 valence electrons. The first-order valence-electron chi connectivity index (χ1n) is 7.96. The minimum absolute atomic E-state index is 0.0614. The van der Waals surface area contributed by atoms with Crippen LogP contribution in [0.25, 0.3) is 0 Å². The van der Waals surface area contributed by atoms with Crippen LogP contribution in [0.3, 0.4) is 0 Å². The topological polar surface area (TPSA) is 60.5 Å². The molecular formula is C17H17BrN2O3S. The fraction of sp³-hybridized carbons (Fsp3) is 0.412. The predicted octanol–water partition coefficient (Wildman–Crippen LogP) is 4.05. The summed E-state index contributed by atoms with van der Waals surface area (Å²) in [6.07, 6.45) is 2.26. The van der Waals surface area contributed by atoms with Crippen molar-refractivity contribution >= 4 is 33.2 Å². The molecular weight excluding hydrogens is 392 g/mol. The number of aromatic nitrogens is 1. The second-order valence-corrected chi connectivity index (χ2v) is 7.76. The summed E-state index contributed by atoms with van der Waals surface area (Å²) in [5.74, 6) is 1.85. The van der Waals surface area contributed by atoms with Gasteiger partial charge in [-0.25, -0.2) is 4.98 Å². The Morgan fingerprint density at radius 2 is 2.04 bits per heavy atom. The lowest BCUT2D eigenvalue weighted by Gasteiger charge is -2.22. The summed E-state index contributed by atoms with van der Waals surface area (Å²) in [4.78, 5) is 17.7. The largest absolute Gasteiger partial charge is 0.486 e. The highest BCUT2D eigenvalue weighted by molar-refractivity contribution is 9.10. The molecule has 1 amide bonds. The lowest BCUT2D eigenvalue weighted by molar-refractivity contribution is 0.0942. The zero-order valence-corrected chi connectivity index (χ0v) is 15.6. The van der Waals surface area contributed by atoms with Crippen molar-refractivity contribution < 1.29 is 14.3 Å². The molecule has 2 aromatic rings. The van der Waals surface area contributed by atoms with Gasteiger partial charge in [0.2, 0.25) is 0 Å². The summed E-state index contributed by atoms with van der Waals surface area (Å²) >= 11 is 4.98. The molecule has 0 saturated heterocycles. The van der Waals surface area contributed by atoms with Gasteiger partial charge in [-0.1, -0.05) is 15.9 Å². The number of amides is 1. The van der Waals surface area contributed by atoms with Crippen molar-refractivity contribution in [3.05, 3.63) is 38.3 Å². The number of fused-ring (bicyclic) bond motifs is 1. The zero-order chi connectivity index (χ0) is 16.7. The summed E-state index contributed by atoms with van der Waals surface area (Å²) in [5, 5.41) is 3.07. The molecule has 5 nitrogen and oxygen atoms in total. The summed E-state index contributed by atoms with van der Waals surface area (Å²) in [5.41, 5.74) is 3.67. The third kappa shape index (κ3) is 3.02. The lowest BCUT2D eigenvalue weighted by Crippen LogP contribution is -2.27. The molecule has 1 N–H and O–H groups in total. The molecule has 1 saturated carbocycles. The van der Waals surface area contributed by atoms with Gasteiger partial charge in [-0.15, -0.1) is 11.3 Å². The van der Waals surface area contributed by atoms with Crippen LogP contribution in [0.2, 0.25) is 0 Å². The van der Waals surface area contributed by atoms with Crippen molar-refractivity contribution in [2.24, 2.45) is 0 Å². The fourth-order valence-electron chi connectivity index (χ4n) is 2.82. The number of nitrogens with one attached hydrogen (secondary N) is 1. The van der Waals surface area contributed by atoms with Crippen LogP contribution in [-0.4, -0.2) is 24.1 Å². The normalized spacial score (nSPS) is 17.4. The van der Waals surface area contributed by atoms with Gasteiger partial charge in [-0.2, -0.15) is 0 Å². The zero-order valence-electron chi connectivity index (χ0n) is 13.2. The number of ether oxygens (including phenoxy) is 2. The molecule has 1 aliphatic heterocycles. The van der Waals surface area contributed by atoms with Crippen LogP contribution >= 0.6 is 27.3 Å². The fourth-order valence-corrected chi connectivity index (χ4v) is 4.27. The highest BCUT2D eigenvalue weighted by Gasteiger charge is 2.31. The van der Waals surface area contributed by atoms with Crippen molar-refractivity contribution in [2.45, 2.75) is 31.7 Å². The Morgan fingerprint density at radius 3 is 2.75 bits per heavy atom. The summed E-state index contributed by atoms with van der Waals surface area (Å²) in [7, 11) is 0. The number of carbonyl (C=O) groups is 1. The maximum absolute atomic E-state index is 12.6. The number of carbonyl (C=O) groups excluding carboxylic acids is 1. The first kappa shape index (κ1) is 15.9. The highest BCUT2D eigenvalue weighted by Crippen LogP contribution is 2.42. The van der Waals surface area contributed by atoms with Gasteiger partial charge >= 0.3 is 0 Å². The second-order valence-electron chi connectivity index (χ2n) is 6.05. The number of thiazole rings is 1. The van der Waals surface area contributed by atoms with Gasteiger partial charge in [0, 0.05) is 10.4 Å². The summed E-state index contributed by atoms with van der Waals surface area (Å²) < 4.78 is 12.1. The third-order valence-corrected chi connectivity index (χ3v) is 5.77.